The highest BCUT2D eigenvalue weighted by molar-refractivity contribution is 7.61. The van der Waals surface area contributed by atoms with E-state index in [1.165, 1.54) is 0 Å². The van der Waals surface area contributed by atoms with Crippen molar-refractivity contribution in [2.24, 2.45) is 7.05 Å². The highest BCUT2D eigenvalue weighted by Gasteiger charge is 2.38. The number of fused-ring (bicyclic) bond motifs is 1. The van der Waals surface area contributed by atoms with Gasteiger partial charge in [-0.1, -0.05) is 48.5 Å². The molecule has 0 saturated heterocycles. The minimum absolute atomic E-state index is 0.0570. The van der Waals surface area contributed by atoms with E-state index >= 15 is 0 Å². The van der Waals surface area contributed by atoms with Crippen LogP contribution in [0.2, 0.25) is 0 Å². The maximum absolute atomic E-state index is 12.8. The molecule has 1 N–H and O–H groups in total. The highest BCUT2D eigenvalue weighted by Crippen LogP contribution is 2.42. The summed E-state index contributed by atoms with van der Waals surface area (Å²) in [5.74, 6) is 0.728. The van der Waals surface area contributed by atoms with Crippen LogP contribution in [0.25, 0.3) is 22.0 Å². The number of nitrogens with one attached hydrogen (secondary N) is 1. The molecular formula is C31H34N3O4P. The number of aromatic nitrogens is 3. The summed E-state index contributed by atoms with van der Waals surface area (Å²) < 4.78 is 23.7. The molecule has 0 spiro atoms. The number of pyridine rings is 1. The predicted octanol–water partition coefficient (Wildman–Crippen LogP) is 6.11. The van der Waals surface area contributed by atoms with Crippen LogP contribution in [0.1, 0.15) is 16.8 Å². The molecule has 2 heterocycles. The first-order chi connectivity index (χ1) is 18.6. The third kappa shape index (κ3) is 5.90. The van der Waals surface area contributed by atoms with Gasteiger partial charge in [0.05, 0.1) is 38.0 Å². The van der Waals surface area contributed by atoms with Gasteiger partial charge in [-0.2, -0.15) is 0 Å². The Hall–Kier alpha value is -3.93. The number of rotatable bonds is 6. The average Bonchev–Trinajstić information content (AvgIpc) is 3.46. The summed E-state index contributed by atoms with van der Waals surface area (Å²) in [4.78, 5) is 20.3. The number of nitrogens with zero attached hydrogens (tertiary/aromatic N) is 2. The Balaban J connectivity index is 0.000000648. The molecule has 0 aliphatic rings. The summed E-state index contributed by atoms with van der Waals surface area (Å²) in [6.45, 7) is 5.23. The van der Waals surface area contributed by atoms with Crippen molar-refractivity contribution in [3.8, 4) is 16.9 Å². The van der Waals surface area contributed by atoms with Crippen molar-refractivity contribution in [3.63, 3.8) is 0 Å². The van der Waals surface area contributed by atoms with Crippen LogP contribution in [0, 0.1) is 0 Å². The number of imidazole rings is 1. The van der Waals surface area contributed by atoms with E-state index in [0.29, 0.717) is 0 Å². The van der Waals surface area contributed by atoms with Crippen LogP contribution in [0.4, 0.5) is 0 Å². The van der Waals surface area contributed by atoms with Gasteiger partial charge in [0, 0.05) is 25.6 Å². The fraction of sp³-hybridized carbons (Fsp3) is 0.226. The molecule has 202 valence electrons. The zero-order valence-corrected chi connectivity index (χ0v) is 24.0. The zero-order chi connectivity index (χ0) is 28.2. The summed E-state index contributed by atoms with van der Waals surface area (Å²) in [6.07, 6.45) is 3.41. The van der Waals surface area contributed by atoms with Crippen molar-refractivity contribution >= 4 is 18.0 Å². The second kappa shape index (κ2) is 11.4. The van der Waals surface area contributed by atoms with Crippen molar-refractivity contribution in [1.82, 2.24) is 14.5 Å². The maximum Gasteiger partial charge on any atom is 0.251 e. The number of methoxy groups -OCH3 is 2. The zero-order valence-electron chi connectivity index (χ0n) is 23.1. The van der Waals surface area contributed by atoms with Gasteiger partial charge in [0.25, 0.3) is 5.56 Å². The monoisotopic (exact) mass is 543 g/mol. The molecule has 0 aliphatic heterocycles. The van der Waals surface area contributed by atoms with E-state index in [1.807, 2.05) is 66.7 Å². The molecule has 1 unspecified atom stereocenters. The van der Waals surface area contributed by atoms with Crippen LogP contribution in [0.3, 0.4) is 0 Å². The summed E-state index contributed by atoms with van der Waals surface area (Å²) >= 11 is 0. The second-order valence-electron chi connectivity index (χ2n) is 10.0. The molecule has 2 aromatic heterocycles. The number of H-pyrrole nitrogens is 1. The minimum atomic E-state index is -1.64. The van der Waals surface area contributed by atoms with E-state index < -0.39 is 12.7 Å². The van der Waals surface area contributed by atoms with Crippen molar-refractivity contribution in [2.45, 2.75) is 5.60 Å². The Morgan fingerprint density at radius 3 is 2.21 bits per heavy atom. The van der Waals surface area contributed by atoms with Crippen LogP contribution >= 0.6 is 7.14 Å². The smallest absolute Gasteiger partial charge is 0.251 e. The third-order valence-corrected chi connectivity index (χ3v) is 6.40. The molecule has 5 rings (SSSR count). The van der Waals surface area contributed by atoms with Crippen LogP contribution in [-0.4, -0.2) is 48.7 Å². The van der Waals surface area contributed by atoms with E-state index in [0.717, 1.165) is 44.6 Å². The summed E-state index contributed by atoms with van der Waals surface area (Å²) in [6, 6.07) is 25.5. The van der Waals surface area contributed by atoms with Gasteiger partial charge in [-0.25, -0.2) is 4.98 Å². The molecule has 0 radical (unpaired) electrons. The average molecular weight is 544 g/mol. The third-order valence-electron chi connectivity index (χ3n) is 6.40. The molecular weight excluding hydrogens is 509 g/mol. The normalized spacial score (nSPS) is 12.9. The van der Waals surface area contributed by atoms with Gasteiger partial charge in [0.15, 0.2) is 5.60 Å². The van der Waals surface area contributed by atoms with Crippen molar-refractivity contribution in [2.75, 3.05) is 34.2 Å². The Kier molecular flexibility index (Phi) is 8.24. The number of aryl methyl sites for hydroxylation is 1. The first-order valence-corrected chi connectivity index (χ1v) is 15.5. The number of hydrogen-bond donors (Lipinski definition) is 1. The lowest BCUT2D eigenvalue weighted by atomic mass is 9.82. The van der Waals surface area contributed by atoms with Crippen molar-refractivity contribution in [1.29, 1.82) is 0 Å². The van der Waals surface area contributed by atoms with Crippen molar-refractivity contribution < 1.29 is 14.0 Å². The Morgan fingerprint density at radius 2 is 1.59 bits per heavy atom. The van der Waals surface area contributed by atoms with Gasteiger partial charge in [-0.15, -0.1) is 0 Å². The maximum atomic E-state index is 12.8. The van der Waals surface area contributed by atoms with Gasteiger partial charge < -0.3 is 23.6 Å². The first kappa shape index (κ1) is 28.1. The number of hydrogen-bond acceptors (Lipinski definition) is 5. The number of benzene rings is 3. The topological polar surface area (TPSA) is 86.2 Å². The summed E-state index contributed by atoms with van der Waals surface area (Å²) in [5, 5.41) is 0.953. The molecule has 0 saturated carbocycles. The lowest BCUT2D eigenvalue weighted by Crippen LogP contribution is -2.32. The quantitative estimate of drug-likeness (QED) is 0.261. The number of ether oxygens (including phenoxy) is 2. The molecule has 0 fully saturated rings. The van der Waals surface area contributed by atoms with Crippen LogP contribution in [-0.2, 0) is 22.0 Å². The van der Waals surface area contributed by atoms with E-state index in [1.54, 1.807) is 64.4 Å². The second-order valence-corrected chi connectivity index (χ2v) is 13.8. The van der Waals surface area contributed by atoms with Gasteiger partial charge in [-0.3, -0.25) is 4.79 Å². The molecule has 0 aliphatic carbocycles. The molecule has 0 bridgehead atoms. The Morgan fingerprint density at radius 1 is 0.897 bits per heavy atom. The van der Waals surface area contributed by atoms with E-state index in [4.69, 9.17) is 9.47 Å². The Bertz CT molecular complexity index is 1670. The molecule has 39 heavy (non-hydrogen) atoms. The fourth-order valence-electron chi connectivity index (χ4n) is 4.65. The van der Waals surface area contributed by atoms with Gasteiger partial charge in [0.1, 0.15) is 5.75 Å². The summed E-state index contributed by atoms with van der Waals surface area (Å²) in [5.41, 5.74) is 4.25. The van der Waals surface area contributed by atoms with E-state index in [2.05, 4.69) is 16.0 Å². The Labute approximate surface area is 228 Å². The molecule has 0 amide bonds. The molecule has 8 heteroatoms. The lowest BCUT2D eigenvalue weighted by Gasteiger charge is -2.33. The molecule has 7 nitrogen and oxygen atoms in total. The van der Waals surface area contributed by atoms with E-state index in [-0.39, 0.29) is 5.56 Å². The van der Waals surface area contributed by atoms with Gasteiger partial charge in [-0.05, 0) is 66.5 Å². The molecule has 3 aromatic carbocycles. The fourth-order valence-corrected chi connectivity index (χ4v) is 4.65. The molecule has 5 aromatic rings. The highest BCUT2D eigenvalue weighted by atomic mass is 31.2. The SMILES string of the molecule is COc1cccc(C(OC)(c2ccc3c(c2)c(-c2ccccc2)cc(=O)n3C)c2cnc[nH]2)c1.CP(C)(C)=O. The lowest BCUT2D eigenvalue weighted by molar-refractivity contribution is 0.0551. The van der Waals surface area contributed by atoms with Crippen LogP contribution in [0.15, 0.2) is 96.2 Å². The van der Waals surface area contributed by atoms with E-state index in [9.17, 15) is 9.36 Å². The van der Waals surface area contributed by atoms with Crippen LogP contribution < -0.4 is 10.3 Å². The minimum Gasteiger partial charge on any atom is -0.497 e. The van der Waals surface area contributed by atoms with Crippen LogP contribution in [0.5, 0.6) is 5.75 Å². The van der Waals surface area contributed by atoms with Crippen molar-refractivity contribution in [3.05, 3.63) is 119 Å². The van der Waals surface area contributed by atoms with Gasteiger partial charge in [0.2, 0.25) is 0 Å². The largest absolute Gasteiger partial charge is 0.497 e. The first-order valence-electron chi connectivity index (χ1n) is 12.5. The summed E-state index contributed by atoms with van der Waals surface area (Å²) in [7, 11) is 3.48. The standard InChI is InChI=1S/C28H25N3O3.C3H9OP/c1-31-25-13-12-21(15-24(25)23(16-27(31)32)19-8-5-4-6-9-19)28(34-3,26-17-29-18-30-26)20-10-7-11-22(14-20)33-2;1-5(2,3)4/h4-18H,1-3H3,(H,29,30);1-3H3. The molecule has 1 atom stereocenters. The number of aromatic amines is 1. The predicted molar refractivity (Wildman–Crippen MR) is 158 cm³/mol. The van der Waals surface area contributed by atoms with Gasteiger partial charge >= 0.3 is 0 Å².